The maximum absolute atomic E-state index is 13.1. The van der Waals surface area contributed by atoms with Gasteiger partial charge in [-0.1, -0.05) is 44.2 Å². The van der Waals surface area contributed by atoms with Crippen LogP contribution in [0.2, 0.25) is 0 Å². The smallest absolute Gasteiger partial charge is 0.326 e. The SMILES string of the molecule is CC(C)C(NC(=O)C1CCCN1C(=O)C(N)CCC(N)=O)C(=O)NC(Cc1ccccc1)C(=O)O. The number of carbonyl (C=O) groups is 5. The molecule has 1 saturated heterocycles. The fraction of sp³-hybridized carbons (Fsp3) is 0.542. The molecule has 4 unspecified atom stereocenters. The van der Waals surface area contributed by atoms with Crippen LogP contribution >= 0.6 is 0 Å². The second-order valence-corrected chi connectivity index (χ2v) is 9.12. The number of hydrogen-bond acceptors (Lipinski definition) is 6. The van der Waals surface area contributed by atoms with Crippen molar-refractivity contribution in [2.75, 3.05) is 6.54 Å². The Kier molecular flexibility index (Phi) is 10.2. The van der Waals surface area contributed by atoms with E-state index in [2.05, 4.69) is 10.6 Å². The standard InChI is InChI=1S/C24H35N5O6/c1-14(2)20(22(32)27-17(24(34)35)13-15-7-4-3-5-8-15)28-21(31)18-9-6-12-29(18)23(33)16(25)10-11-19(26)30/h3-5,7-8,14,16-18,20H,6,9-13,25H2,1-2H3,(H2,26,30)(H,27,32)(H,28,31)(H,34,35). The number of nitrogens with two attached hydrogens (primary N) is 2. The highest BCUT2D eigenvalue weighted by atomic mass is 16.4. The van der Waals surface area contributed by atoms with E-state index >= 15 is 0 Å². The van der Waals surface area contributed by atoms with Crippen molar-refractivity contribution >= 4 is 29.6 Å². The van der Waals surface area contributed by atoms with Crippen LogP contribution in [0.1, 0.15) is 45.1 Å². The molecule has 35 heavy (non-hydrogen) atoms. The molecule has 1 aromatic rings. The van der Waals surface area contributed by atoms with Crippen LogP contribution in [-0.4, -0.2) is 70.3 Å². The van der Waals surface area contributed by atoms with Gasteiger partial charge in [-0.05, 0) is 30.7 Å². The first kappa shape index (κ1) is 27.8. The van der Waals surface area contributed by atoms with Gasteiger partial charge in [-0.25, -0.2) is 4.79 Å². The van der Waals surface area contributed by atoms with Crippen molar-refractivity contribution in [1.82, 2.24) is 15.5 Å². The molecule has 7 N–H and O–H groups in total. The summed E-state index contributed by atoms with van der Waals surface area (Å²) in [5.74, 6) is -3.68. The zero-order valence-corrected chi connectivity index (χ0v) is 20.1. The molecule has 1 aliphatic heterocycles. The molecule has 4 atom stereocenters. The molecular weight excluding hydrogens is 454 g/mol. The fourth-order valence-electron chi connectivity index (χ4n) is 4.03. The molecule has 1 aliphatic rings. The maximum Gasteiger partial charge on any atom is 0.326 e. The average molecular weight is 490 g/mol. The topological polar surface area (TPSA) is 185 Å². The summed E-state index contributed by atoms with van der Waals surface area (Å²) >= 11 is 0. The summed E-state index contributed by atoms with van der Waals surface area (Å²) in [6.45, 7) is 3.79. The summed E-state index contributed by atoms with van der Waals surface area (Å²) in [4.78, 5) is 62.9. The molecule has 0 aromatic heterocycles. The molecule has 192 valence electrons. The van der Waals surface area contributed by atoms with Gasteiger partial charge in [0.05, 0.1) is 6.04 Å². The lowest BCUT2D eigenvalue weighted by atomic mass is 10.0. The number of carboxylic acids is 1. The number of primary amides is 1. The van der Waals surface area contributed by atoms with Gasteiger partial charge < -0.3 is 32.1 Å². The second kappa shape index (κ2) is 12.8. The number of aliphatic carboxylic acids is 1. The van der Waals surface area contributed by atoms with Gasteiger partial charge in [0, 0.05) is 19.4 Å². The van der Waals surface area contributed by atoms with Crippen molar-refractivity contribution in [1.29, 1.82) is 0 Å². The highest BCUT2D eigenvalue weighted by molar-refractivity contribution is 5.94. The van der Waals surface area contributed by atoms with Crippen LogP contribution in [0.4, 0.5) is 0 Å². The molecule has 1 fully saturated rings. The quantitative estimate of drug-likeness (QED) is 0.262. The van der Waals surface area contributed by atoms with E-state index in [1.54, 1.807) is 38.1 Å². The number of likely N-dealkylation sites (tertiary alicyclic amines) is 1. The monoisotopic (exact) mass is 489 g/mol. The van der Waals surface area contributed by atoms with Crippen LogP contribution < -0.4 is 22.1 Å². The van der Waals surface area contributed by atoms with Crippen molar-refractivity contribution < 1.29 is 29.1 Å². The summed E-state index contributed by atoms with van der Waals surface area (Å²) in [5, 5.41) is 14.8. The van der Waals surface area contributed by atoms with Crippen LogP contribution in [-0.2, 0) is 30.4 Å². The van der Waals surface area contributed by atoms with Crippen molar-refractivity contribution in [3.8, 4) is 0 Å². The number of carboxylic acid groups (broad SMARTS) is 1. The molecule has 2 rings (SSSR count). The van der Waals surface area contributed by atoms with Crippen LogP contribution in [0.3, 0.4) is 0 Å². The number of carbonyl (C=O) groups excluding carboxylic acids is 4. The number of nitrogens with one attached hydrogen (secondary N) is 2. The predicted octanol–water partition coefficient (Wildman–Crippen LogP) is -0.477. The van der Waals surface area contributed by atoms with Crippen LogP contribution in [0.25, 0.3) is 0 Å². The van der Waals surface area contributed by atoms with Gasteiger partial charge in [-0.3, -0.25) is 19.2 Å². The van der Waals surface area contributed by atoms with Gasteiger partial charge >= 0.3 is 5.97 Å². The van der Waals surface area contributed by atoms with Gasteiger partial charge in [0.2, 0.25) is 23.6 Å². The number of hydrogen-bond donors (Lipinski definition) is 5. The molecule has 0 spiro atoms. The molecule has 1 aromatic carbocycles. The van der Waals surface area contributed by atoms with Gasteiger partial charge in [0.1, 0.15) is 18.1 Å². The third kappa shape index (κ3) is 8.06. The Morgan fingerprint density at radius 2 is 1.77 bits per heavy atom. The zero-order chi connectivity index (χ0) is 26.1. The third-order valence-electron chi connectivity index (χ3n) is 6.00. The number of rotatable bonds is 12. The highest BCUT2D eigenvalue weighted by Crippen LogP contribution is 2.20. The number of nitrogens with zero attached hydrogens (tertiary/aromatic N) is 1. The highest BCUT2D eigenvalue weighted by Gasteiger charge is 2.38. The van der Waals surface area contributed by atoms with E-state index in [1.807, 2.05) is 6.07 Å². The Balaban J connectivity index is 2.06. The van der Waals surface area contributed by atoms with Gasteiger partial charge in [0.25, 0.3) is 0 Å². The molecule has 0 aliphatic carbocycles. The molecule has 1 heterocycles. The van der Waals surface area contributed by atoms with E-state index < -0.39 is 53.8 Å². The Bertz CT molecular complexity index is 922. The van der Waals surface area contributed by atoms with E-state index in [1.165, 1.54) is 4.90 Å². The Labute approximate surface area is 204 Å². The van der Waals surface area contributed by atoms with Crippen LogP contribution in [0.5, 0.6) is 0 Å². The molecule has 0 radical (unpaired) electrons. The number of amides is 4. The third-order valence-corrected chi connectivity index (χ3v) is 6.00. The van der Waals surface area contributed by atoms with E-state index in [-0.39, 0.29) is 25.2 Å². The molecule has 0 bridgehead atoms. The Morgan fingerprint density at radius 3 is 2.34 bits per heavy atom. The fourth-order valence-corrected chi connectivity index (χ4v) is 4.03. The normalized spacial score (nSPS) is 17.9. The lowest BCUT2D eigenvalue weighted by molar-refractivity contribution is -0.143. The Morgan fingerprint density at radius 1 is 1.11 bits per heavy atom. The summed E-state index contributed by atoms with van der Waals surface area (Å²) < 4.78 is 0. The summed E-state index contributed by atoms with van der Waals surface area (Å²) in [5.41, 5.74) is 11.8. The summed E-state index contributed by atoms with van der Waals surface area (Å²) in [6.07, 6.45) is 1.12. The largest absolute Gasteiger partial charge is 0.480 e. The number of benzene rings is 1. The first-order valence-electron chi connectivity index (χ1n) is 11.7. The summed E-state index contributed by atoms with van der Waals surface area (Å²) in [7, 11) is 0. The average Bonchev–Trinajstić information content (AvgIpc) is 3.30. The van der Waals surface area contributed by atoms with Crippen LogP contribution in [0.15, 0.2) is 30.3 Å². The first-order valence-corrected chi connectivity index (χ1v) is 11.7. The van der Waals surface area contributed by atoms with Crippen molar-refractivity contribution in [2.24, 2.45) is 17.4 Å². The minimum atomic E-state index is -1.19. The van der Waals surface area contributed by atoms with Gasteiger partial charge in [0.15, 0.2) is 0 Å². The first-order chi connectivity index (χ1) is 16.5. The minimum Gasteiger partial charge on any atom is -0.480 e. The van der Waals surface area contributed by atoms with Crippen molar-refractivity contribution in [2.45, 2.75) is 70.1 Å². The van der Waals surface area contributed by atoms with E-state index in [4.69, 9.17) is 11.5 Å². The lowest BCUT2D eigenvalue weighted by Gasteiger charge is -2.29. The molecule has 0 saturated carbocycles. The minimum absolute atomic E-state index is 0.0407. The lowest BCUT2D eigenvalue weighted by Crippen LogP contribution is -2.58. The molecule has 4 amide bonds. The van der Waals surface area contributed by atoms with E-state index in [0.29, 0.717) is 19.4 Å². The second-order valence-electron chi connectivity index (χ2n) is 9.12. The van der Waals surface area contributed by atoms with Gasteiger partial charge in [-0.15, -0.1) is 0 Å². The van der Waals surface area contributed by atoms with Crippen molar-refractivity contribution in [3.05, 3.63) is 35.9 Å². The molecule has 11 heteroatoms. The van der Waals surface area contributed by atoms with Crippen molar-refractivity contribution in [3.63, 3.8) is 0 Å². The Hall–Kier alpha value is -3.47. The summed E-state index contributed by atoms with van der Waals surface area (Å²) in [6, 6.07) is 4.96. The maximum atomic E-state index is 13.1. The van der Waals surface area contributed by atoms with Gasteiger partial charge in [-0.2, -0.15) is 0 Å². The van der Waals surface area contributed by atoms with E-state index in [0.717, 1.165) is 5.56 Å². The van der Waals surface area contributed by atoms with Crippen LogP contribution in [0, 0.1) is 5.92 Å². The molecule has 11 nitrogen and oxygen atoms in total. The predicted molar refractivity (Wildman–Crippen MR) is 128 cm³/mol. The molecular formula is C24H35N5O6. The van der Waals surface area contributed by atoms with E-state index in [9.17, 15) is 29.1 Å². The zero-order valence-electron chi connectivity index (χ0n) is 20.1.